The van der Waals surface area contributed by atoms with Gasteiger partial charge in [-0.15, -0.1) is 0 Å². The van der Waals surface area contributed by atoms with Gasteiger partial charge in [0.1, 0.15) is 23.9 Å². The minimum atomic E-state index is -3.29. The van der Waals surface area contributed by atoms with Gasteiger partial charge in [0.05, 0.1) is 23.8 Å². The highest BCUT2D eigenvalue weighted by molar-refractivity contribution is 5.95. The molecule has 0 bridgehead atoms. The molecular weight excluding hydrogens is 472 g/mol. The normalized spacial score (nSPS) is 17.4. The van der Waals surface area contributed by atoms with Crippen molar-refractivity contribution in [1.29, 1.82) is 0 Å². The molecule has 0 saturated carbocycles. The molecule has 3 heterocycles. The van der Waals surface area contributed by atoms with Gasteiger partial charge in [-0.1, -0.05) is 6.07 Å². The number of hydrogen-bond acceptors (Lipinski definition) is 4. The number of alkyl halides is 2. The molecule has 35 heavy (non-hydrogen) atoms. The molecule has 3 aromatic rings. The van der Waals surface area contributed by atoms with E-state index in [1.807, 2.05) is 0 Å². The van der Waals surface area contributed by atoms with E-state index in [-0.39, 0.29) is 34.9 Å². The number of aromatic nitrogens is 2. The van der Waals surface area contributed by atoms with Gasteiger partial charge in [-0.2, -0.15) is 0 Å². The van der Waals surface area contributed by atoms with Gasteiger partial charge >= 0.3 is 6.09 Å². The molecule has 2 aromatic heterocycles. The first kappa shape index (κ1) is 24.3. The van der Waals surface area contributed by atoms with Crippen molar-refractivity contribution in [2.24, 2.45) is 0 Å². The summed E-state index contributed by atoms with van der Waals surface area (Å²) in [4.78, 5) is 29.2. The quantitative estimate of drug-likeness (QED) is 0.524. The number of rotatable bonds is 5. The number of carbonyl (C=O) groups is 2. The summed E-state index contributed by atoms with van der Waals surface area (Å²) in [6.45, 7) is 1.60. The fourth-order valence-corrected chi connectivity index (χ4v) is 4.15. The molecule has 1 aromatic carbocycles. The Balaban J connectivity index is 1.62. The molecule has 0 radical (unpaired) electrons. The maximum absolute atomic E-state index is 14.0. The van der Waals surface area contributed by atoms with Crippen molar-refractivity contribution in [3.63, 3.8) is 0 Å². The molecule has 1 saturated heterocycles. The van der Waals surface area contributed by atoms with Crippen molar-refractivity contribution in [3.8, 4) is 5.75 Å². The Morgan fingerprint density at radius 1 is 1.26 bits per heavy atom. The fourth-order valence-electron chi connectivity index (χ4n) is 4.15. The van der Waals surface area contributed by atoms with E-state index in [1.54, 1.807) is 19.2 Å². The third-order valence-electron chi connectivity index (χ3n) is 5.66. The van der Waals surface area contributed by atoms with Crippen LogP contribution in [0.1, 0.15) is 33.7 Å². The number of piperidine rings is 1. The van der Waals surface area contributed by atoms with Gasteiger partial charge < -0.3 is 20.1 Å². The lowest BCUT2D eigenvalue weighted by Gasteiger charge is -2.36. The maximum atomic E-state index is 14.0. The van der Waals surface area contributed by atoms with Gasteiger partial charge in [-0.25, -0.2) is 27.3 Å². The zero-order valence-corrected chi connectivity index (χ0v) is 18.8. The standard InChI is InChI=1S/C23H22F4N4O4/c1-12-6-18(35-10-15-16(24)4-3-5-17(15)25)20-28-13(2)19(31(20)8-12)21(32)29-14-7-23(26,27)11-30(9-14)22(33)34/h3-6,8,14H,7,9-11H2,1-2H3,(H,29,32)(H,33,34). The topological polar surface area (TPSA) is 96.2 Å². The molecule has 0 spiro atoms. The molecule has 2 N–H and O–H groups in total. The highest BCUT2D eigenvalue weighted by atomic mass is 19.3. The monoisotopic (exact) mass is 494 g/mol. The van der Waals surface area contributed by atoms with E-state index in [2.05, 4.69) is 10.3 Å². The van der Waals surface area contributed by atoms with Crippen LogP contribution in [0.15, 0.2) is 30.5 Å². The van der Waals surface area contributed by atoms with Crippen molar-refractivity contribution in [2.75, 3.05) is 13.1 Å². The van der Waals surface area contributed by atoms with E-state index in [9.17, 15) is 27.2 Å². The lowest BCUT2D eigenvalue weighted by atomic mass is 10.0. The number of carboxylic acid groups (broad SMARTS) is 1. The van der Waals surface area contributed by atoms with Gasteiger partial charge in [0.25, 0.3) is 11.8 Å². The van der Waals surface area contributed by atoms with Gasteiger partial charge in [-0.05, 0) is 37.6 Å². The molecule has 0 aliphatic carbocycles. The van der Waals surface area contributed by atoms with Crippen LogP contribution in [0.2, 0.25) is 0 Å². The zero-order chi connectivity index (χ0) is 25.5. The lowest BCUT2D eigenvalue weighted by molar-refractivity contribution is -0.0671. The number of halogens is 4. The second-order valence-electron chi connectivity index (χ2n) is 8.50. The summed E-state index contributed by atoms with van der Waals surface area (Å²) in [5, 5.41) is 11.6. The second-order valence-corrected chi connectivity index (χ2v) is 8.50. The number of aryl methyl sites for hydroxylation is 2. The molecule has 1 atom stereocenters. The summed E-state index contributed by atoms with van der Waals surface area (Å²) in [5.74, 6) is -5.39. The highest BCUT2D eigenvalue weighted by Gasteiger charge is 2.43. The van der Waals surface area contributed by atoms with Crippen LogP contribution in [0.3, 0.4) is 0 Å². The number of amides is 2. The first-order valence-electron chi connectivity index (χ1n) is 10.7. The van der Waals surface area contributed by atoms with Crippen LogP contribution in [0.25, 0.3) is 5.65 Å². The first-order chi connectivity index (χ1) is 16.4. The number of likely N-dealkylation sites (tertiary alicyclic amines) is 1. The summed E-state index contributed by atoms with van der Waals surface area (Å²) in [6, 6.07) is 3.93. The molecule has 1 unspecified atom stereocenters. The van der Waals surface area contributed by atoms with Crippen LogP contribution in [-0.2, 0) is 6.61 Å². The number of fused-ring (bicyclic) bond motifs is 1. The number of benzene rings is 1. The molecule has 8 nitrogen and oxygen atoms in total. The van der Waals surface area contributed by atoms with Crippen molar-refractivity contribution >= 4 is 17.6 Å². The Morgan fingerprint density at radius 2 is 1.94 bits per heavy atom. The first-order valence-corrected chi connectivity index (χ1v) is 10.7. The van der Waals surface area contributed by atoms with Gasteiger partial charge in [0.2, 0.25) is 0 Å². The molecule has 186 valence electrons. The summed E-state index contributed by atoms with van der Waals surface area (Å²) in [5.41, 5.74) is 0.856. The number of imidazole rings is 1. The van der Waals surface area contributed by atoms with E-state index in [4.69, 9.17) is 9.84 Å². The molecule has 1 aliphatic rings. The minimum Gasteiger partial charge on any atom is -0.485 e. The largest absolute Gasteiger partial charge is 0.485 e. The summed E-state index contributed by atoms with van der Waals surface area (Å²) < 4.78 is 63.1. The van der Waals surface area contributed by atoms with Crippen LogP contribution in [0.4, 0.5) is 22.4 Å². The van der Waals surface area contributed by atoms with Crippen LogP contribution in [-0.4, -0.2) is 56.4 Å². The Kier molecular flexibility index (Phi) is 6.30. The van der Waals surface area contributed by atoms with Crippen molar-refractivity contribution in [3.05, 3.63) is 64.6 Å². The van der Waals surface area contributed by atoms with Crippen LogP contribution in [0, 0.1) is 25.5 Å². The molecular formula is C23H22F4N4O4. The number of ether oxygens (including phenoxy) is 1. The average Bonchev–Trinajstić information content (AvgIpc) is 3.07. The SMILES string of the molecule is Cc1cc(OCc2c(F)cccc2F)c2nc(C)c(C(=O)NC3CN(C(=O)O)CC(F)(F)C3)n2c1. The van der Waals surface area contributed by atoms with Gasteiger partial charge in [0, 0.05) is 19.2 Å². The predicted molar refractivity (Wildman–Crippen MR) is 116 cm³/mol. The smallest absolute Gasteiger partial charge is 0.407 e. The van der Waals surface area contributed by atoms with E-state index in [1.165, 1.54) is 17.4 Å². The lowest BCUT2D eigenvalue weighted by Crippen LogP contribution is -2.56. The molecule has 2 amide bonds. The van der Waals surface area contributed by atoms with E-state index in [0.717, 1.165) is 12.1 Å². The third-order valence-corrected chi connectivity index (χ3v) is 5.66. The van der Waals surface area contributed by atoms with Crippen LogP contribution >= 0.6 is 0 Å². The Labute approximate surface area is 197 Å². The fraction of sp³-hybridized carbons (Fsp3) is 0.348. The Morgan fingerprint density at radius 3 is 2.60 bits per heavy atom. The highest BCUT2D eigenvalue weighted by Crippen LogP contribution is 2.29. The molecule has 1 aliphatic heterocycles. The number of nitrogens with zero attached hydrogens (tertiary/aromatic N) is 3. The van der Waals surface area contributed by atoms with Crippen LogP contribution in [0.5, 0.6) is 5.75 Å². The van der Waals surface area contributed by atoms with E-state index in [0.29, 0.717) is 10.5 Å². The number of carbonyl (C=O) groups excluding carboxylic acids is 1. The zero-order valence-electron chi connectivity index (χ0n) is 18.8. The molecule has 4 rings (SSSR count). The Hall–Kier alpha value is -3.83. The van der Waals surface area contributed by atoms with Crippen LogP contribution < -0.4 is 10.1 Å². The molecule has 1 fully saturated rings. The van der Waals surface area contributed by atoms with Crippen molar-refractivity contribution in [2.45, 2.75) is 38.8 Å². The predicted octanol–water partition coefficient (Wildman–Crippen LogP) is 3.93. The van der Waals surface area contributed by atoms with Crippen molar-refractivity contribution < 1.29 is 37.0 Å². The van der Waals surface area contributed by atoms with E-state index < -0.39 is 55.2 Å². The molecule has 12 heteroatoms. The minimum absolute atomic E-state index is 0.0430. The summed E-state index contributed by atoms with van der Waals surface area (Å²) in [7, 11) is 0. The summed E-state index contributed by atoms with van der Waals surface area (Å²) in [6.07, 6.45) is -0.627. The number of pyridine rings is 1. The summed E-state index contributed by atoms with van der Waals surface area (Å²) >= 11 is 0. The van der Waals surface area contributed by atoms with Gasteiger partial charge in [-0.3, -0.25) is 9.20 Å². The third kappa shape index (κ3) is 5.00. The second kappa shape index (κ2) is 9.08. The van der Waals surface area contributed by atoms with Crippen molar-refractivity contribution in [1.82, 2.24) is 19.6 Å². The van der Waals surface area contributed by atoms with Gasteiger partial charge in [0.15, 0.2) is 11.4 Å². The van der Waals surface area contributed by atoms with E-state index >= 15 is 0 Å². The maximum Gasteiger partial charge on any atom is 0.407 e. The number of hydrogen-bond donors (Lipinski definition) is 2. The number of nitrogens with one attached hydrogen (secondary N) is 1. The Bertz CT molecular complexity index is 1290. The average molecular weight is 494 g/mol.